The molecule has 2 rings (SSSR count). The van der Waals surface area contributed by atoms with E-state index >= 15 is 0 Å². The Kier molecular flexibility index (Phi) is 5.26. The number of benzene rings is 2. The molecular formula is C16H10Cl2N2O2. The van der Waals surface area contributed by atoms with Crippen LogP contribution in [-0.4, -0.2) is 12.2 Å². The fraction of sp³-hybridized carbons (Fsp3) is 0.125. The normalized spacial score (nSPS) is 9.77. The number of aliphatic imine (C=N–C) groups is 2. The minimum atomic E-state index is 0.364. The van der Waals surface area contributed by atoms with Gasteiger partial charge >= 0.3 is 0 Å². The van der Waals surface area contributed by atoms with E-state index < -0.39 is 0 Å². The summed E-state index contributed by atoms with van der Waals surface area (Å²) in [5.74, 6) is 0. The van der Waals surface area contributed by atoms with Gasteiger partial charge in [-0.2, -0.15) is 9.98 Å². The fourth-order valence-corrected chi connectivity index (χ4v) is 2.47. The lowest BCUT2D eigenvalue weighted by atomic mass is 9.98. The zero-order valence-electron chi connectivity index (χ0n) is 11.6. The molecule has 0 unspecified atom stereocenters. The Labute approximate surface area is 137 Å². The molecule has 2 aromatic carbocycles. The zero-order chi connectivity index (χ0) is 16.1. The molecule has 4 nitrogen and oxygen atoms in total. The molecule has 22 heavy (non-hydrogen) atoms. The first-order valence-corrected chi connectivity index (χ1v) is 7.04. The monoisotopic (exact) mass is 332 g/mol. The Hall–Kier alpha value is -2.22. The molecule has 0 N–H and O–H groups in total. The van der Waals surface area contributed by atoms with Crippen molar-refractivity contribution in [3.05, 3.63) is 57.1 Å². The first-order chi connectivity index (χ1) is 10.5. The van der Waals surface area contributed by atoms with Crippen molar-refractivity contribution < 1.29 is 9.59 Å². The molecule has 110 valence electrons. The first-order valence-electron chi connectivity index (χ1n) is 6.28. The van der Waals surface area contributed by atoms with Crippen LogP contribution >= 0.6 is 23.2 Å². The third kappa shape index (κ3) is 3.70. The Bertz CT molecular complexity index is 821. The van der Waals surface area contributed by atoms with E-state index in [2.05, 4.69) is 9.98 Å². The average molecular weight is 333 g/mol. The van der Waals surface area contributed by atoms with Crippen LogP contribution in [0.1, 0.15) is 16.7 Å². The van der Waals surface area contributed by atoms with Crippen LogP contribution in [0.15, 0.2) is 40.3 Å². The highest BCUT2D eigenvalue weighted by atomic mass is 35.5. The van der Waals surface area contributed by atoms with Gasteiger partial charge in [0, 0.05) is 10.0 Å². The standard InChI is InChI=1S/C16H10Cl2N2O2/c1-10-11(4-12-5-13(17)2-3-15(12)18)6-14(19-8-21)7-16(10)20-9-22/h2-3,5-7H,4H2,1H3. The Morgan fingerprint density at radius 2 is 1.73 bits per heavy atom. The molecule has 0 fully saturated rings. The highest BCUT2D eigenvalue weighted by Crippen LogP contribution is 2.31. The van der Waals surface area contributed by atoms with Gasteiger partial charge in [-0.05, 0) is 60.4 Å². The maximum atomic E-state index is 10.5. The van der Waals surface area contributed by atoms with Crippen molar-refractivity contribution in [2.24, 2.45) is 9.98 Å². The quantitative estimate of drug-likeness (QED) is 0.594. The van der Waals surface area contributed by atoms with Crippen molar-refractivity contribution in [2.75, 3.05) is 0 Å². The van der Waals surface area contributed by atoms with Gasteiger partial charge in [0.15, 0.2) is 0 Å². The summed E-state index contributed by atoms with van der Waals surface area (Å²) >= 11 is 12.2. The maximum absolute atomic E-state index is 10.5. The van der Waals surface area contributed by atoms with E-state index in [1.54, 1.807) is 24.3 Å². The van der Waals surface area contributed by atoms with E-state index in [4.69, 9.17) is 23.2 Å². The van der Waals surface area contributed by atoms with E-state index in [1.165, 1.54) is 18.2 Å². The van der Waals surface area contributed by atoms with Crippen LogP contribution in [0.3, 0.4) is 0 Å². The fourth-order valence-electron chi connectivity index (χ4n) is 2.09. The molecule has 0 atom stereocenters. The summed E-state index contributed by atoms with van der Waals surface area (Å²) in [6.07, 6.45) is 3.43. The summed E-state index contributed by atoms with van der Waals surface area (Å²) in [4.78, 5) is 28.2. The molecule has 0 radical (unpaired) electrons. The van der Waals surface area contributed by atoms with Crippen molar-refractivity contribution >= 4 is 46.7 Å². The average Bonchev–Trinajstić information content (AvgIpc) is 2.48. The van der Waals surface area contributed by atoms with Crippen LogP contribution in [-0.2, 0) is 16.0 Å². The largest absolute Gasteiger partial charge is 0.240 e. The van der Waals surface area contributed by atoms with Crippen LogP contribution in [0.4, 0.5) is 11.4 Å². The van der Waals surface area contributed by atoms with E-state index in [9.17, 15) is 9.59 Å². The molecule has 0 heterocycles. The van der Waals surface area contributed by atoms with Gasteiger partial charge in [-0.3, -0.25) is 0 Å². The van der Waals surface area contributed by atoms with Gasteiger partial charge < -0.3 is 0 Å². The lowest BCUT2D eigenvalue weighted by Crippen LogP contribution is -1.94. The molecule has 2 aromatic rings. The van der Waals surface area contributed by atoms with Crippen LogP contribution in [0.25, 0.3) is 0 Å². The highest BCUT2D eigenvalue weighted by Gasteiger charge is 2.10. The number of hydrogen-bond donors (Lipinski definition) is 0. The summed E-state index contributed by atoms with van der Waals surface area (Å²) in [6, 6.07) is 8.43. The van der Waals surface area contributed by atoms with E-state index in [0.717, 1.165) is 16.7 Å². The van der Waals surface area contributed by atoms with Crippen molar-refractivity contribution in [1.29, 1.82) is 0 Å². The molecular weight excluding hydrogens is 323 g/mol. The maximum Gasteiger partial charge on any atom is 0.240 e. The summed E-state index contributed by atoms with van der Waals surface area (Å²) < 4.78 is 0. The molecule has 6 heteroatoms. The second-order valence-electron chi connectivity index (χ2n) is 4.57. The lowest BCUT2D eigenvalue weighted by Gasteiger charge is -2.11. The minimum Gasteiger partial charge on any atom is -0.211 e. The van der Waals surface area contributed by atoms with Crippen LogP contribution in [0.2, 0.25) is 10.0 Å². The molecule has 0 aliphatic rings. The SMILES string of the molecule is Cc1c(Cc2cc(Cl)ccc2Cl)cc(N=C=O)cc1N=C=O. The van der Waals surface area contributed by atoms with Gasteiger partial charge in [-0.1, -0.05) is 23.2 Å². The summed E-state index contributed by atoms with van der Waals surface area (Å²) in [5, 5.41) is 1.15. The number of halogens is 2. The third-order valence-electron chi connectivity index (χ3n) is 3.20. The number of isocyanates is 2. The summed E-state index contributed by atoms with van der Waals surface area (Å²) in [7, 11) is 0. The minimum absolute atomic E-state index is 0.364. The zero-order valence-corrected chi connectivity index (χ0v) is 13.1. The van der Waals surface area contributed by atoms with E-state index in [-0.39, 0.29) is 0 Å². The molecule has 0 saturated carbocycles. The van der Waals surface area contributed by atoms with Crippen LogP contribution in [0, 0.1) is 6.92 Å². The number of carbonyl (C=O) groups excluding carboxylic acids is 2. The topological polar surface area (TPSA) is 58.9 Å². The summed E-state index contributed by atoms with van der Waals surface area (Å²) in [6.45, 7) is 1.82. The Morgan fingerprint density at radius 3 is 2.41 bits per heavy atom. The highest BCUT2D eigenvalue weighted by molar-refractivity contribution is 6.33. The third-order valence-corrected chi connectivity index (χ3v) is 3.81. The predicted octanol–water partition coefficient (Wildman–Crippen LogP) is 4.83. The van der Waals surface area contributed by atoms with Gasteiger partial charge in [-0.15, -0.1) is 0 Å². The second-order valence-corrected chi connectivity index (χ2v) is 5.41. The first kappa shape index (κ1) is 16.2. The molecule has 0 spiro atoms. The molecule has 0 aliphatic carbocycles. The van der Waals surface area contributed by atoms with Gasteiger partial charge in [0.25, 0.3) is 0 Å². The van der Waals surface area contributed by atoms with Crippen molar-refractivity contribution in [3.8, 4) is 0 Å². The number of hydrogen-bond acceptors (Lipinski definition) is 4. The lowest BCUT2D eigenvalue weighted by molar-refractivity contribution is 0.565. The number of rotatable bonds is 4. The molecule has 0 amide bonds. The van der Waals surface area contributed by atoms with Gasteiger partial charge in [0.2, 0.25) is 12.2 Å². The molecule has 0 saturated heterocycles. The predicted molar refractivity (Wildman–Crippen MR) is 86.0 cm³/mol. The number of nitrogens with zero attached hydrogens (tertiary/aromatic N) is 2. The van der Waals surface area contributed by atoms with Crippen molar-refractivity contribution in [3.63, 3.8) is 0 Å². The van der Waals surface area contributed by atoms with E-state index in [1.807, 2.05) is 6.92 Å². The van der Waals surface area contributed by atoms with Gasteiger partial charge in [0.1, 0.15) is 0 Å². The van der Waals surface area contributed by atoms with Crippen molar-refractivity contribution in [2.45, 2.75) is 13.3 Å². The van der Waals surface area contributed by atoms with Crippen LogP contribution < -0.4 is 0 Å². The van der Waals surface area contributed by atoms with Crippen molar-refractivity contribution in [1.82, 2.24) is 0 Å². The molecule has 0 aromatic heterocycles. The molecule has 0 bridgehead atoms. The Morgan fingerprint density at radius 1 is 1.00 bits per heavy atom. The van der Waals surface area contributed by atoms with E-state index in [0.29, 0.717) is 27.8 Å². The van der Waals surface area contributed by atoms with Gasteiger partial charge in [0.05, 0.1) is 11.4 Å². The van der Waals surface area contributed by atoms with Gasteiger partial charge in [-0.25, -0.2) is 9.59 Å². The smallest absolute Gasteiger partial charge is 0.211 e. The second kappa shape index (κ2) is 7.17. The van der Waals surface area contributed by atoms with Crippen LogP contribution in [0.5, 0.6) is 0 Å². The summed E-state index contributed by atoms with van der Waals surface area (Å²) in [5.41, 5.74) is 3.20. The Balaban J connectivity index is 2.56. The molecule has 0 aliphatic heterocycles.